The minimum Gasteiger partial charge on any atom is -0.467 e. The summed E-state index contributed by atoms with van der Waals surface area (Å²) in [5, 5.41) is 6.47. The molecule has 0 spiro atoms. The molecule has 0 bridgehead atoms. The van der Waals surface area contributed by atoms with Crippen LogP contribution in [0.2, 0.25) is 5.02 Å². The molecule has 0 aliphatic heterocycles. The summed E-state index contributed by atoms with van der Waals surface area (Å²) in [6.45, 7) is -0.189. The van der Waals surface area contributed by atoms with E-state index in [-0.39, 0.29) is 29.2 Å². The number of hydrogen-bond acceptors (Lipinski definition) is 3. The number of halogens is 4. The summed E-state index contributed by atoms with van der Waals surface area (Å²) in [7, 11) is 0. The molecule has 172 valence electrons. The molecule has 33 heavy (non-hydrogen) atoms. The van der Waals surface area contributed by atoms with Crippen LogP contribution in [0.15, 0.2) is 78.7 Å². The summed E-state index contributed by atoms with van der Waals surface area (Å²) in [4.78, 5) is 12.3. The van der Waals surface area contributed by atoms with Crippen LogP contribution in [0.5, 0.6) is 5.88 Å². The highest BCUT2D eigenvalue weighted by atomic mass is 35.5. The molecule has 0 saturated heterocycles. The van der Waals surface area contributed by atoms with E-state index in [2.05, 4.69) is 21.1 Å². The van der Waals surface area contributed by atoms with E-state index in [0.717, 1.165) is 22.7 Å². The lowest BCUT2D eigenvalue weighted by Gasteiger charge is -2.18. The fourth-order valence-electron chi connectivity index (χ4n) is 3.37. The van der Waals surface area contributed by atoms with Crippen molar-refractivity contribution in [1.82, 2.24) is 19.7 Å². The first-order chi connectivity index (χ1) is 15.8. The fraction of sp³-hybridized carbons (Fsp3) is 0.217. The van der Waals surface area contributed by atoms with Crippen LogP contribution in [0.25, 0.3) is 5.69 Å². The van der Waals surface area contributed by atoms with Gasteiger partial charge in [-0.05, 0) is 36.3 Å². The Morgan fingerprint density at radius 3 is 2.64 bits per heavy atom. The molecule has 0 radical (unpaired) electrons. The minimum absolute atomic E-state index is 0.192. The van der Waals surface area contributed by atoms with Crippen LogP contribution in [0.4, 0.5) is 13.2 Å². The Morgan fingerprint density at radius 2 is 1.97 bits per heavy atom. The molecule has 3 aromatic rings. The molecule has 1 aromatic carbocycles. The molecule has 6 nitrogen and oxygen atoms in total. The maximum absolute atomic E-state index is 13.2. The van der Waals surface area contributed by atoms with Gasteiger partial charge in [0.2, 0.25) is 5.88 Å². The predicted molar refractivity (Wildman–Crippen MR) is 117 cm³/mol. The van der Waals surface area contributed by atoms with Crippen LogP contribution >= 0.6 is 11.6 Å². The van der Waals surface area contributed by atoms with Gasteiger partial charge in [-0.25, -0.2) is 0 Å². The van der Waals surface area contributed by atoms with Gasteiger partial charge in [0.25, 0.3) is 5.91 Å². The second-order valence-corrected chi connectivity index (χ2v) is 7.77. The quantitative estimate of drug-likeness (QED) is 0.524. The van der Waals surface area contributed by atoms with Crippen LogP contribution in [-0.4, -0.2) is 33.4 Å². The molecule has 0 saturated carbocycles. The predicted octanol–water partition coefficient (Wildman–Crippen LogP) is 4.97. The van der Waals surface area contributed by atoms with Gasteiger partial charge in [-0.1, -0.05) is 42.0 Å². The van der Waals surface area contributed by atoms with Gasteiger partial charge in [0.05, 0.1) is 16.8 Å². The van der Waals surface area contributed by atoms with Crippen molar-refractivity contribution in [2.45, 2.75) is 18.6 Å². The summed E-state index contributed by atoms with van der Waals surface area (Å²) < 4.78 is 48.0. The first kappa shape index (κ1) is 22.7. The number of aromatic nitrogens is 3. The zero-order valence-corrected chi connectivity index (χ0v) is 18.1. The number of alkyl halides is 3. The first-order valence-corrected chi connectivity index (χ1v) is 10.5. The molecule has 4 rings (SSSR count). The van der Waals surface area contributed by atoms with E-state index < -0.39 is 24.4 Å². The van der Waals surface area contributed by atoms with Gasteiger partial charge < -0.3 is 14.6 Å². The van der Waals surface area contributed by atoms with Crippen LogP contribution in [-0.2, 0) is 11.0 Å². The lowest BCUT2D eigenvalue weighted by atomic mass is 10.0. The molecule has 1 atom stereocenters. The molecular formula is C23H20ClF3N4O2. The largest absolute Gasteiger partial charge is 0.467 e. The Labute approximate surface area is 192 Å². The standard InChI is InChI=1S/C23H20ClF3N4O2/c24-18-5-1-2-6-19(18)31-22(13-20(29-31)23(25,26)27)33-15-21(32)28-14-16-7-9-17(10-8-16)30-11-3-4-12-30/h1-9,11-13,17H,10,14-15H2,(H,28,32). The number of rotatable bonds is 7. The molecule has 10 heteroatoms. The number of hydrogen-bond donors (Lipinski definition) is 1. The van der Waals surface area contributed by atoms with Crippen molar-refractivity contribution < 1.29 is 22.7 Å². The van der Waals surface area contributed by atoms with Gasteiger partial charge in [0.1, 0.15) is 0 Å². The second-order valence-electron chi connectivity index (χ2n) is 7.37. The van der Waals surface area contributed by atoms with Crippen molar-refractivity contribution in [3.63, 3.8) is 0 Å². The van der Waals surface area contributed by atoms with Gasteiger partial charge in [-0.15, -0.1) is 0 Å². The maximum atomic E-state index is 13.2. The molecule has 1 aliphatic rings. The number of para-hydroxylation sites is 1. The molecule has 0 fully saturated rings. The number of allylic oxidation sites excluding steroid dienone is 2. The zero-order chi connectivity index (χ0) is 23.4. The molecule has 1 N–H and O–H groups in total. The number of nitrogens with zero attached hydrogens (tertiary/aromatic N) is 3. The van der Waals surface area contributed by atoms with Gasteiger partial charge in [-0.3, -0.25) is 4.79 Å². The summed E-state index contributed by atoms with van der Waals surface area (Å²) in [5.41, 5.74) is -0.000356. The Morgan fingerprint density at radius 1 is 1.21 bits per heavy atom. The van der Waals surface area contributed by atoms with E-state index >= 15 is 0 Å². The van der Waals surface area contributed by atoms with Crippen LogP contribution in [0.3, 0.4) is 0 Å². The Bertz CT molecular complexity index is 1180. The highest BCUT2D eigenvalue weighted by molar-refractivity contribution is 6.32. The van der Waals surface area contributed by atoms with Crippen LogP contribution < -0.4 is 10.1 Å². The number of benzene rings is 1. The van der Waals surface area contributed by atoms with Gasteiger partial charge in [-0.2, -0.15) is 23.0 Å². The molecule has 2 aromatic heterocycles. The van der Waals surface area contributed by atoms with Crippen molar-refractivity contribution in [3.05, 3.63) is 89.4 Å². The monoisotopic (exact) mass is 476 g/mol. The molecular weight excluding hydrogens is 457 g/mol. The van der Waals surface area contributed by atoms with Gasteiger partial charge >= 0.3 is 6.18 Å². The minimum atomic E-state index is -4.68. The van der Waals surface area contributed by atoms with Crippen LogP contribution in [0.1, 0.15) is 18.2 Å². The fourth-order valence-corrected chi connectivity index (χ4v) is 3.58. The van der Waals surface area contributed by atoms with E-state index in [0.29, 0.717) is 0 Å². The van der Waals surface area contributed by atoms with E-state index in [1.807, 2.05) is 36.7 Å². The number of carbonyl (C=O) groups excluding carboxylic acids is 1. The van der Waals surface area contributed by atoms with Crippen LogP contribution in [0, 0.1) is 0 Å². The Kier molecular flexibility index (Phi) is 6.60. The van der Waals surface area contributed by atoms with Gasteiger partial charge in [0, 0.05) is 25.0 Å². The molecule has 1 amide bonds. The Hall–Kier alpha value is -3.46. The Balaban J connectivity index is 1.37. The molecule has 1 aliphatic carbocycles. The number of amides is 1. The normalized spacial score (nSPS) is 15.9. The maximum Gasteiger partial charge on any atom is 0.435 e. The average molecular weight is 477 g/mol. The lowest BCUT2D eigenvalue weighted by molar-refractivity contribution is -0.141. The number of ether oxygens (including phenoxy) is 1. The summed E-state index contributed by atoms with van der Waals surface area (Å²) >= 11 is 6.10. The van der Waals surface area contributed by atoms with Gasteiger partial charge in [0.15, 0.2) is 12.3 Å². The van der Waals surface area contributed by atoms with E-state index in [1.54, 1.807) is 12.1 Å². The summed E-state index contributed by atoms with van der Waals surface area (Å²) in [5.74, 6) is -0.714. The SMILES string of the molecule is O=C(COc1cc(C(F)(F)F)nn1-c1ccccc1Cl)NCC1=CCC(n2cccc2)C=C1. The second kappa shape index (κ2) is 9.58. The number of carbonyl (C=O) groups is 1. The lowest BCUT2D eigenvalue weighted by Crippen LogP contribution is -2.31. The highest BCUT2D eigenvalue weighted by Crippen LogP contribution is 2.33. The topological polar surface area (TPSA) is 61.1 Å². The zero-order valence-electron chi connectivity index (χ0n) is 17.3. The third-order valence-corrected chi connectivity index (χ3v) is 5.37. The van der Waals surface area contributed by atoms with Crippen molar-refractivity contribution in [1.29, 1.82) is 0 Å². The third-order valence-electron chi connectivity index (χ3n) is 5.05. The summed E-state index contributed by atoms with van der Waals surface area (Å²) in [6, 6.07) is 11.2. The van der Waals surface area contributed by atoms with E-state index in [4.69, 9.17) is 16.3 Å². The van der Waals surface area contributed by atoms with Crippen molar-refractivity contribution in [3.8, 4) is 11.6 Å². The molecule has 2 heterocycles. The molecule has 1 unspecified atom stereocenters. The van der Waals surface area contributed by atoms with Crippen molar-refractivity contribution in [2.75, 3.05) is 13.2 Å². The number of nitrogens with one attached hydrogen (secondary N) is 1. The van der Waals surface area contributed by atoms with Crippen molar-refractivity contribution >= 4 is 17.5 Å². The third kappa shape index (κ3) is 5.48. The van der Waals surface area contributed by atoms with E-state index in [9.17, 15) is 18.0 Å². The average Bonchev–Trinajstić information content (AvgIpc) is 3.47. The van der Waals surface area contributed by atoms with E-state index in [1.165, 1.54) is 12.1 Å². The smallest absolute Gasteiger partial charge is 0.435 e. The van der Waals surface area contributed by atoms with Crippen molar-refractivity contribution in [2.24, 2.45) is 0 Å². The first-order valence-electron chi connectivity index (χ1n) is 10.1. The summed E-state index contributed by atoms with van der Waals surface area (Å²) in [6.07, 6.45) is 6.13. The highest BCUT2D eigenvalue weighted by Gasteiger charge is 2.36.